The van der Waals surface area contributed by atoms with Gasteiger partial charge >= 0.3 is 0 Å². The van der Waals surface area contributed by atoms with E-state index < -0.39 is 0 Å². The smallest absolute Gasteiger partial charge is 0.0587 e. The minimum atomic E-state index is 1.20. The first-order valence-electron chi connectivity index (χ1n) is 4.75. The molecule has 0 N–H and O–H groups in total. The van der Waals surface area contributed by atoms with Crippen LogP contribution in [0.2, 0.25) is 0 Å². The van der Waals surface area contributed by atoms with Crippen molar-refractivity contribution >= 4 is 0 Å². The maximum atomic E-state index is 7.32. The van der Waals surface area contributed by atoms with E-state index in [0.717, 1.165) is 0 Å². The zero-order chi connectivity index (χ0) is 9.84. The van der Waals surface area contributed by atoms with Crippen LogP contribution in [0.5, 0.6) is 0 Å². The molecule has 2 aliphatic carbocycles. The Morgan fingerprint density at radius 3 is 2.23 bits per heavy atom. The lowest BCUT2D eigenvalue weighted by atomic mass is 10.1. The van der Waals surface area contributed by atoms with Crippen molar-refractivity contribution in [2.45, 2.75) is 33.6 Å². The summed E-state index contributed by atoms with van der Waals surface area (Å²) in [6, 6.07) is 6.35. The van der Waals surface area contributed by atoms with E-state index in [-0.39, 0.29) is 0 Å². The van der Waals surface area contributed by atoms with Gasteiger partial charge in [0.05, 0.1) is 6.07 Å². The first kappa shape index (κ1) is 9.80. The number of benzene rings is 1. The van der Waals surface area contributed by atoms with Gasteiger partial charge in [-0.05, 0) is 41.2 Å². The molecule has 0 aromatic carbocycles. The molecule has 0 atom stereocenters. The Morgan fingerprint density at radius 1 is 1.23 bits per heavy atom. The number of nitrogens with zero attached hydrogens (tertiary/aromatic N) is 1. The van der Waals surface area contributed by atoms with Gasteiger partial charge in [0, 0.05) is 6.92 Å². The molecule has 2 rings (SSSR count). The summed E-state index contributed by atoms with van der Waals surface area (Å²) in [6.45, 7) is 5.90. The van der Waals surface area contributed by atoms with Crippen LogP contribution < -0.4 is 0 Å². The molecule has 0 aromatic heterocycles. The van der Waals surface area contributed by atoms with Crippen molar-refractivity contribution in [1.29, 1.82) is 5.26 Å². The van der Waals surface area contributed by atoms with Crippen LogP contribution in [0.3, 0.4) is 0 Å². The fourth-order valence-corrected chi connectivity index (χ4v) is 1.68. The molecule has 0 unspecified atom stereocenters. The largest absolute Gasteiger partial charge is 0.199 e. The Bertz CT molecular complexity index is 345. The lowest BCUT2D eigenvalue weighted by Crippen LogP contribution is -1.83. The number of hydrogen-bond acceptors (Lipinski definition) is 1. The Balaban J connectivity index is 0.000000251. The van der Waals surface area contributed by atoms with E-state index in [1.807, 2.05) is 0 Å². The summed E-state index contributed by atoms with van der Waals surface area (Å²) in [5, 5.41) is 7.32. The van der Waals surface area contributed by atoms with Crippen LogP contribution in [-0.2, 0) is 12.8 Å². The first-order valence-corrected chi connectivity index (χ1v) is 4.75. The van der Waals surface area contributed by atoms with Crippen molar-refractivity contribution in [3.05, 3.63) is 23.3 Å². The second-order valence-electron chi connectivity index (χ2n) is 3.09. The van der Waals surface area contributed by atoms with Crippen LogP contribution >= 0.6 is 0 Å². The average molecular weight is 173 g/mol. The molecule has 0 amide bonds. The topological polar surface area (TPSA) is 23.8 Å². The van der Waals surface area contributed by atoms with E-state index >= 15 is 0 Å². The lowest BCUT2D eigenvalue weighted by Gasteiger charge is -1.96. The first-order chi connectivity index (χ1) is 6.28. The minimum absolute atomic E-state index is 1.20. The standard InChI is InChI=1S/C10H12.C2H3N/c1-3-7-5-8-6-10(8)9(7)4-2;1-2-3/h5-6H,3-4H2,1-2H3;1H3. The molecule has 0 heterocycles. The number of hydrogen-bond donors (Lipinski definition) is 0. The molecule has 0 saturated heterocycles. The van der Waals surface area contributed by atoms with Crippen LogP contribution in [0.1, 0.15) is 31.9 Å². The highest BCUT2D eigenvalue weighted by molar-refractivity contribution is 5.86. The molecule has 0 aromatic rings. The van der Waals surface area contributed by atoms with Gasteiger partial charge in [-0.15, -0.1) is 0 Å². The lowest BCUT2D eigenvalue weighted by molar-refractivity contribution is 1.06. The highest BCUT2D eigenvalue weighted by Crippen LogP contribution is 2.41. The molecule has 13 heavy (non-hydrogen) atoms. The van der Waals surface area contributed by atoms with Crippen LogP contribution in [0, 0.1) is 11.3 Å². The molecule has 0 radical (unpaired) electrons. The van der Waals surface area contributed by atoms with E-state index in [1.165, 1.54) is 25.3 Å². The van der Waals surface area contributed by atoms with Crippen molar-refractivity contribution in [3.63, 3.8) is 0 Å². The third-order valence-electron chi connectivity index (χ3n) is 2.30. The van der Waals surface area contributed by atoms with Crippen molar-refractivity contribution in [3.8, 4) is 17.2 Å². The van der Waals surface area contributed by atoms with Gasteiger partial charge in [0.1, 0.15) is 0 Å². The normalized spacial score (nSPS) is 9.69. The predicted octanol–water partition coefficient (Wildman–Crippen LogP) is 3.32. The summed E-state index contributed by atoms with van der Waals surface area (Å²) in [7, 11) is 0. The molecule has 0 fully saturated rings. The van der Waals surface area contributed by atoms with Gasteiger partial charge in [0.25, 0.3) is 0 Å². The number of aryl methyl sites for hydroxylation is 1. The van der Waals surface area contributed by atoms with Gasteiger partial charge in [-0.1, -0.05) is 19.9 Å². The van der Waals surface area contributed by atoms with Crippen LogP contribution in [0.15, 0.2) is 12.1 Å². The number of nitriles is 1. The van der Waals surface area contributed by atoms with Crippen LogP contribution in [-0.4, -0.2) is 0 Å². The third kappa shape index (κ3) is 1.89. The van der Waals surface area contributed by atoms with Crippen molar-refractivity contribution < 1.29 is 0 Å². The summed E-state index contributed by atoms with van der Waals surface area (Å²) in [6.07, 6.45) is 2.40. The molecule has 0 bridgehead atoms. The summed E-state index contributed by atoms with van der Waals surface area (Å²) in [5.41, 5.74) is 6.19. The highest BCUT2D eigenvalue weighted by Gasteiger charge is 2.19. The van der Waals surface area contributed by atoms with Gasteiger partial charge in [-0.3, -0.25) is 0 Å². The van der Waals surface area contributed by atoms with Crippen molar-refractivity contribution in [1.82, 2.24) is 0 Å². The quantitative estimate of drug-likeness (QED) is 0.683. The monoisotopic (exact) mass is 173 g/mol. The van der Waals surface area contributed by atoms with Crippen LogP contribution in [0.4, 0.5) is 0 Å². The van der Waals surface area contributed by atoms with E-state index in [0.29, 0.717) is 0 Å². The average Bonchev–Trinajstić information content (AvgIpc) is 2.79. The zero-order valence-corrected chi connectivity index (χ0v) is 8.52. The number of fused-ring (bicyclic) bond motifs is 1. The van der Waals surface area contributed by atoms with Gasteiger partial charge in [-0.2, -0.15) is 5.26 Å². The van der Waals surface area contributed by atoms with E-state index in [4.69, 9.17) is 5.26 Å². The molecule has 2 aliphatic rings. The minimum Gasteiger partial charge on any atom is -0.199 e. The molecule has 1 heteroatoms. The molecule has 1 nitrogen and oxygen atoms in total. The molecular formula is C12H15N. The third-order valence-corrected chi connectivity index (χ3v) is 2.30. The molecule has 0 aliphatic heterocycles. The van der Waals surface area contributed by atoms with E-state index in [1.54, 1.807) is 22.8 Å². The van der Waals surface area contributed by atoms with Crippen molar-refractivity contribution in [2.75, 3.05) is 0 Å². The summed E-state index contributed by atoms with van der Waals surface area (Å²) in [4.78, 5) is 0. The number of rotatable bonds is 2. The van der Waals surface area contributed by atoms with E-state index in [2.05, 4.69) is 26.0 Å². The molecule has 68 valence electrons. The summed E-state index contributed by atoms with van der Waals surface area (Å²) in [5.74, 6) is 0. The van der Waals surface area contributed by atoms with Gasteiger partial charge in [-0.25, -0.2) is 0 Å². The van der Waals surface area contributed by atoms with Crippen molar-refractivity contribution in [2.24, 2.45) is 0 Å². The Labute approximate surface area is 80.0 Å². The second kappa shape index (κ2) is 4.09. The van der Waals surface area contributed by atoms with Gasteiger partial charge in [0.2, 0.25) is 0 Å². The van der Waals surface area contributed by atoms with Gasteiger partial charge in [0.15, 0.2) is 0 Å². The molecule has 0 spiro atoms. The Hall–Kier alpha value is -1.29. The molecule has 0 saturated carbocycles. The van der Waals surface area contributed by atoms with E-state index in [9.17, 15) is 0 Å². The molecular weight excluding hydrogens is 158 g/mol. The van der Waals surface area contributed by atoms with Gasteiger partial charge < -0.3 is 0 Å². The zero-order valence-electron chi connectivity index (χ0n) is 8.52. The summed E-state index contributed by atoms with van der Waals surface area (Å²) < 4.78 is 0. The Kier molecular flexibility index (Phi) is 3.08. The highest BCUT2D eigenvalue weighted by atomic mass is 14.2. The fourth-order valence-electron chi connectivity index (χ4n) is 1.68. The SMILES string of the molecule is CC#N.CCc1cc2cc-2c1CC. The predicted molar refractivity (Wildman–Crippen MR) is 55.5 cm³/mol. The van der Waals surface area contributed by atoms with Crippen LogP contribution in [0.25, 0.3) is 11.1 Å². The fraction of sp³-hybridized carbons (Fsp3) is 0.417. The maximum Gasteiger partial charge on any atom is 0.0587 e. The maximum absolute atomic E-state index is 7.32. The summed E-state index contributed by atoms with van der Waals surface area (Å²) >= 11 is 0. The Morgan fingerprint density at radius 2 is 1.85 bits per heavy atom. The second-order valence-corrected chi connectivity index (χ2v) is 3.09.